The molecule has 0 radical (unpaired) electrons. The summed E-state index contributed by atoms with van der Waals surface area (Å²) in [6, 6.07) is 0. The van der Waals surface area contributed by atoms with E-state index in [0.29, 0.717) is 0 Å². The van der Waals surface area contributed by atoms with Crippen LogP contribution in [0.25, 0.3) is 0 Å². The number of hydrogen-bond acceptors (Lipinski definition) is 2. The summed E-state index contributed by atoms with van der Waals surface area (Å²) in [6.07, 6.45) is 0. The quantitative estimate of drug-likeness (QED) is 0.455. The van der Waals surface area contributed by atoms with Gasteiger partial charge in [-0.25, -0.2) is 4.57 Å². The normalized spacial score (nSPS) is 10.1. The molecular formula is C6H19NNaO4P. The van der Waals surface area contributed by atoms with E-state index in [-0.39, 0.29) is 29.6 Å². The summed E-state index contributed by atoms with van der Waals surface area (Å²) in [5.41, 5.74) is 0. The molecule has 0 aliphatic rings. The summed E-state index contributed by atoms with van der Waals surface area (Å²) < 4.78 is 8.88. The predicted octanol–water partition coefficient (Wildman–Crippen LogP) is -0.229. The Labute approximate surface area is 102 Å². The van der Waals surface area contributed by atoms with Crippen LogP contribution in [-0.4, -0.2) is 68.8 Å². The molecule has 0 rings (SSSR count). The van der Waals surface area contributed by atoms with Crippen molar-refractivity contribution in [1.29, 1.82) is 0 Å². The van der Waals surface area contributed by atoms with E-state index in [1.807, 2.05) is 0 Å². The van der Waals surface area contributed by atoms with Crippen LogP contribution >= 0.6 is 7.82 Å². The molecule has 0 spiro atoms. The first-order valence-electron chi connectivity index (χ1n) is 3.85. The molecule has 0 saturated carbocycles. The summed E-state index contributed by atoms with van der Waals surface area (Å²) in [6.45, 7) is 10.1. The Morgan fingerprint density at radius 3 is 1.15 bits per heavy atom. The summed E-state index contributed by atoms with van der Waals surface area (Å²) in [7, 11) is -4.64. The van der Waals surface area contributed by atoms with Crippen LogP contribution in [-0.2, 0) is 4.57 Å². The van der Waals surface area contributed by atoms with Crippen molar-refractivity contribution in [3.63, 3.8) is 0 Å². The maximum atomic E-state index is 8.88. The fraction of sp³-hybridized carbons (Fsp3) is 1.00. The Morgan fingerprint density at radius 2 is 1.15 bits per heavy atom. The Hall–Kier alpha value is 1.07. The van der Waals surface area contributed by atoms with Gasteiger partial charge < -0.3 is 19.6 Å². The van der Waals surface area contributed by atoms with Crippen molar-refractivity contribution in [1.82, 2.24) is 4.90 Å². The molecule has 0 aromatic heterocycles. The summed E-state index contributed by atoms with van der Waals surface area (Å²) >= 11 is 0. The molecule has 0 unspecified atom stereocenters. The van der Waals surface area contributed by atoms with E-state index in [0.717, 1.165) is 0 Å². The molecule has 5 nitrogen and oxygen atoms in total. The van der Waals surface area contributed by atoms with Crippen molar-refractivity contribution in [2.45, 2.75) is 20.8 Å². The minimum absolute atomic E-state index is 0. The third-order valence-corrected chi connectivity index (χ3v) is 1.34. The second kappa shape index (κ2) is 11.1. The molecule has 7 heteroatoms. The molecule has 0 heterocycles. The van der Waals surface area contributed by atoms with Crippen LogP contribution in [0.3, 0.4) is 0 Å². The van der Waals surface area contributed by atoms with E-state index in [2.05, 4.69) is 25.7 Å². The molecule has 3 N–H and O–H groups in total. The number of hydrogen-bond donors (Lipinski definition) is 3. The number of nitrogens with zero attached hydrogens (tertiary/aromatic N) is 1. The third kappa shape index (κ3) is 32.0. The first-order chi connectivity index (χ1) is 5.35. The van der Waals surface area contributed by atoms with Crippen LogP contribution in [0, 0.1) is 0 Å². The van der Waals surface area contributed by atoms with Crippen molar-refractivity contribution < 1.29 is 19.2 Å². The zero-order chi connectivity index (χ0) is 10.2. The molecule has 0 aliphatic heterocycles. The van der Waals surface area contributed by atoms with Gasteiger partial charge in [0.1, 0.15) is 0 Å². The van der Waals surface area contributed by atoms with E-state index in [1.54, 1.807) is 0 Å². The molecule has 0 aromatic rings. The molecule has 0 aliphatic carbocycles. The van der Waals surface area contributed by atoms with Crippen molar-refractivity contribution in [2.75, 3.05) is 19.6 Å². The summed E-state index contributed by atoms with van der Waals surface area (Å²) in [4.78, 5) is 23.9. The van der Waals surface area contributed by atoms with Gasteiger partial charge in [-0.1, -0.05) is 20.8 Å². The second-order valence-electron chi connectivity index (χ2n) is 2.13. The van der Waals surface area contributed by atoms with Crippen LogP contribution in [0.5, 0.6) is 0 Å². The van der Waals surface area contributed by atoms with Gasteiger partial charge in [0.2, 0.25) is 0 Å². The Bertz CT molecular complexity index is 123. The van der Waals surface area contributed by atoms with Crippen molar-refractivity contribution >= 4 is 37.4 Å². The first kappa shape index (κ1) is 19.6. The predicted molar refractivity (Wildman–Crippen MR) is 54.9 cm³/mol. The Kier molecular flexibility index (Phi) is 16.8. The van der Waals surface area contributed by atoms with Crippen molar-refractivity contribution in [2.24, 2.45) is 0 Å². The van der Waals surface area contributed by atoms with Crippen LogP contribution in [0.2, 0.25) is 0 Å². The van der Waals surface area contributed by atoms with Crippen LogP contribution in [0.15, 0.2) is 0 Å². The molecule has 0 fully saturated rings. The molecule has 0 bridgehead atoms. The Morgan fingerprint density at radius 1 is 1.00 bits per heavy atom. The van der Waals surface area contributed by atoms with Gasteiger partial charge in [0.15, 0.2) is 0 Å². The molecule has 0 atom stereocenters. The maximum absolute atomic E-state index is 8.88. The standard InChI is InChI=1S/C6H15N.Na.H3O4P.H/c1-4-7(5-2)6-3;;1-5(2,3)4;/h4-6H2,1-3H3;;(H3,1,2,3,4);. The van der Waals surface area contributed by atoms with Crippen LogP contribution in [0.1, 0.15) is 20.8 Å². The van der Waals surface area contributed by atoms with Gasteiger partial charge >= 0.3 is 37.4 Å². The fourth-order valence-electron chi connectivity index (χ4n) is 0.671. The van der Waals surface area contributed by atoms with E-state index < -0.39 is 7.82 Å². The van der Waals surface area contributed by atoms with Gasteiger partial charge in [0, 0.05) is 0 Å². The van der Waals surface area contributed by atoms with Gasteiger partial charge in [-0.2, -0.15) is 0 Å². The average Bonchev–Trinajstić information content (AvgIpc) is 1.88. The average molecular weight is 223 g/mol. The van der Waals surface area contributed by atoms with Crippen LogP contribution < -0.4 is 0 Å². The molecule has 78 valence electrons. The summed E-state index contributed by atoms with van der Waals surface area (Å²) in [5.74, 6) is 0. The molecular weight excluding hydrogens is 204 g/mol. The first-order valence-corrected chi connectivity index (χ1v) is 5.42. The van der Waals surface area contributed by atoms with E-state index >= 15 is 0 Å². The Balaban J connectivity index is -0.000000150. The molecule has 0 amide bonds. The third-order valence-electron chi connectivity index (χ3n) is 1.34. The van der Waals surface area contributed by atoms with E-state index in [9.17, 15) is 0 Å². The fourth-order valence-corrected chi connectivity index (χ4v) is 0.671. The number of phosphoric acid groups is 1. The number of rotatable bonds is 3. The monoisotopic (exact) mass is 223 g/mol. The summed E-state index contributed by atoms with van der Waals surface area (Å²) in [5, 5.41) is 0. The molecule has 0 aromatic carbocycles. The van der Waals surface area contributed by atoms with Crippen molar-refractivity contribution in [3.05, 3.63) is 0 Å². The van der Waals surface area contributed by atoms with Crippen LogP contribution in [0.4, 0.5) is 0 Å². The molecule has 13 heavy (non-hydrogen) atoms. The van der Waals surface area contributed by atoms with Gasteiger partial charge in [0.05, 0.1) is 0 Å². The van der Waals surface area contributed by atoms with Gasteiger partial charge in [-0.15, -0.1) is 0 Å². The SMILES string of the molecule is CCN(CC)CC.O=P(O)(O)O.[NaH]. The molecule has 0 saturated heterocycles. The zero-order valence-electron chi connectivity index (χ0n) is 7.77. The van der Waals surface area contributed by atoms with E-state index in [1.165, 1.54) is 19.6 Å². The minimum atomic E-state index is -4.64. The second-order valence-corrected chi connectivity index (χ2v) is 3.16. The topological polar surface area (TPSA) is 81.0 Å². The van der Waals surface area contributed by atoms with E-state index in [4.69, 9.17) is 19.2 Å². The van der Waals surface area contributed by atoms with Crippen molar-refractivity contribution in [3.8, 4) is 0 Å². The van der Waals surface area contributed by atoms with Gasteiger partial charge in [-0.05, 0) is 19.6 Å². The van der Waals surface area contributed by atoms with Gasteiger partial charge in [-0.3, -0.25) is 0 Å². The zero-order valence-corrected chi connectivity index (χ0v) is 8.66. The van der Waals surface area contributed by atoms with Gasteiger partial charge in [0.25, 0.3) is 0 Å².